The molecule has 2 rings (SSSR count). The molecule has 0 radical (unpaired) electrons. The highest BCUT2D eigenvalue weighted by Gasteiger charge is 2.39. The summed E-state index contributed by atoms with van der Waals surface area (Å²) in [6, 6.07) is 0.653. The van der Waals surface area contributed by atoms with Gasteiger partial charge >= 0.3 is 0 Å². The van der Waals surface area contributed by atoms with Crippen LogP contribution in [-0.4, -0.2) is 35.2 Å². The summed E-state index contributed by atoms with van der Waals surface area (Å²) in [6.07, 6.45) is 2.32. The lowest BCUT2D eigenvalue weighted by Gasteiger charge is -2.34. The Morgan fingerprint density at radius 2 is 2.00 bits per heavy atom. The number of piperidine rings is 1. The molecular formula is C10H19NO. The second-order valence-electron chi connectivity index (χ2n) is 4.71. The number of hydrogen-bond acceptors (Lipinski definition) is 2. The highest BCUT2D eigenvalue weighted by atomic mass is 16.3. The van der Waals surface area contributed by atoms with Crippen molar-refractivity contribution in [1.82, 2.24) is 4.90 Å². The molecule has 3 atom stereocenters. The normalized spacial score (nSPS) is 42.5. The Morgan fingerprint density at radius 1 is 1.25 bits per heavy atom. The molecule has 0 spiro atoms. The molecule has 1 heterocycles. The lowest BCUT2D eigenvalue weighted by atomic mass is 9.97. The van der Waals surface area contributed by atoms with Crippen molar-refractivity contribution in [3.63, 3.8) is 0 Å². The van der Waals surface area contributed by atoms with E-state index in [0.29, 0.717) is 12.0 Å². The quantitative estimate of drug-likeness (QED) is 0.635. The van der Waals surface area contributed by atoms with Gasteiger partial charge in [-0.2, -0.15) is 0 Å². The highest BCUT2D eigenvalue weighted by molar-refractivity contribution is 4.91. The van der Waals surface area contributed by atoms with Crippen molar-refractivity contribution < 1.29 is 5.11 Å². The Labute approximate surface area is 74.6 Å². The monoisotopic (exact) mass is 169 g/mol. The third kappa shape index (κ3) is 1.38. The van der Waals surface area contributed by atoms with Gasteiger partial charge in [0.15, 0.2) is 0 Å². The smallest absolute Gasteiger partial charge is 0.0583 e. The van der Waals surface area contributed by atoms with Gasteiger partial charge in [-0.25, -0.2) is 0 Å². The molecule has 0 aromatic rings. The lowest BCUT2D eigenvalue weighted by Crippen LogP contribution is -2.41. The molecule has 12 heavy (non-hydrogen) atoms. The van der Waals surface area contributed by atoms with Gasteiger partial charge in [0.2, 0.25) is 0 Å². The largest absolute Gasteiger partial charge is 0.393 e. The number of aliphatic hydroxyl groups is 1. The molecule has 1 saturated carbocycles. The third-order valence-electron chi connectivity index (χ3n) is 3.45. The summed E-state index contributed by atoms with van der Waals surface area (Å²) in [5.74, 6) is 1.35. The molecule has 1 saturated heterocycles. The topological polar surface area (TPSA) is 23.5 Å². The van der Waals surface area contributed by atoms with Crippen molar-refractivity contribution in [3.05, 3.63) is 0 Å². The molecule has 2 fully saturated rings. The van der Waals surface area contributed by atoms with E-state index in [9.17, 15) is 5.11 Å². The van der Waals surface area contributed by atoms with E-state index in [2.05, 4.69) is 18.7 Å². The van der Waals surface area contributed by atoms with Gasteiger partial charge in [-0.05, 0) is 38.5 Å². The van der Waals surface area contributed by atoms with E-state index >= 15 is 0 Å². The number of nitrogens with zero attached hydrogens (tertiary/aromatic N) is 1. The molecule has 2 aliphatic rings. The van der Waals surface area contributed by atoms with Crippen LogP contribution < -0.4 is 0 Å². The van der Waals surface area contributed by atoms with Crippen LogP contribution in [0.2, 0.25) is 0 Å². The summed E-state index contributed by atoms with van der Waals surface area (Å²) in [7, 11) is 0. The second-order valence-corrected chi connectivity index (χ2v) is 4.71. The maximum absolute atomic E-state index is 9.67. The first-order valence-corrected chi connectivity index (χ1v) is 5.09. The molecule has 1 aliphatic carbocycles. The predicted octanol–water partition coefficient (Wildman–Crippen LogP) is 1.10. The molecule has 0 aromatic carbocycles. The average Bonchev–Trinajstić information content (AvgIpc) is 2.26. The molecule has 2 bridgehead atoms. The molecule has 1 N–H and O–H groups in total. The maximum atomic E-state index is 9.67. The van der Waals surface area contributed by atoms with E-state index in [-0.39, 0.29) is 6.10 Å². The Bertz CT molecular complexity index is 167. The van der Waals surface area contributed by atoms with Crippen LogP contribution in [0.1, 0.15) is 26.7 Å². The Kier molecular flexibility index (Phi) is 2.13. The first-order valence-electron chi connectivity index (χ1n) is 5.09. The fourth-order valence-corrected chi connectivity index (χ4v) is 2.69. The van der Waals surface area contributed by atoms with Crippen LogP contribution >= 0.6 is 0 Å². The summed E-state index contributed by atoms with van der Waals surface area (Å²) >= 11 is 0. The molecule has 0 unspecified atom stereocenters. The lowest BCUT2D eigenvalue weighted by molar-refractivity contribution is 0.0881. The van der Waals surface area contributed by atoms with E-state index in [1.54, 1.807) is 0 Å². The minimum absolute atomic E-state index is 0.00116. The minimum atomic E-state index is -0.00116. The minimum Gasteiger partial charge on any atom is -0.393 e. The molecule has 1 aliphatic heterocycles. The van der Waals surface area contributed by atoms with Crippen molar-refractivity contribution in [2.45, 2.75) is 38.8 Å². The van der Waals surface area contributed by atoms with Crippen LogP contribution in [0.25, 0.3) is 0 Å². The van der Waals surface area contributed by atoms with E-state index in [1.165, 1.54) is 13.0 Å². The van der Waals surface area contributed by atoms with Crippen LogP contribution in [0, 0.1) is 11.8 Å². The van der Waals surface area contributed by atoms with Crippen LogP contribution in [-0.2, 0) is 0 Å². The van der Waals surface area contributed by atoms with E-state index in [0.717, 1.165) is 18.9 Å². The van der Waals surface area contributed by atoms with Crippen LogP contribution in [0.5, 0.6) is 0 Å². The average molecular weight is 169 g/mol. The summed E-state index contributed by atoms with van der Waals surface area (Å²) in [5, 5.41) is 9.67. The maximum Gasteiger partial charge on any atom is 0.0583 e. The van der Waals surface area contributed by atoms with E-state index < -0.39 is 0 Å². The summed E-state index contributed by atoms with van der Waals surface area (Å²) in [5.41, 5.74) is 0. The Hall–Kier alpha value is -0.0800. The van der Waals surface area contributed by atoms with Crippen LogP contribution in [0.3, 0.4) is 0 Å². The number of likely N-dealkylation sites (tertiary alicyclic amines) is 1. The zero-order chi connectivity index (χ0) is 8.72. The molecule has 2 nitrogen and oxygen atoms in total. The Balaban J connectivity index is 2.01. The first kappa shape index (κ1) is 8.52. The standard InChI is InChI=1S/C10H19NO/c1-7(2)11-5-8-3-9(6-11)10(12)4-8/h7-10,12H,3-6H2,1-2H3/t8-,9-,10-/m0/s1. The van der Waals surface area contributed by atoms with Crippen molar-refractivity contribution in [1.29, 1.82) is 0 Å². The van der Waals surface area contributed by atoms with Crippen LogP contribution in [0.15, 0.2) is 0 Å². The molecule has 2 heteroatoms. The second kappa shape index (κ2) is 3.00. The van der Waals surface area contributed by atoms with Gasteiger partial charge in [0, 0.05) is 19.1 Å². The van der Waals surface area contributed by atoms with Crippen LogP contribution in [0.4, 0.5) is 0 Å². The zero-order valence-electron chi connectivity index (χ0n) is 8.03. The van der Waals surface area contributed by atoms with E-state index in [4.69, 9.17) is 0 Å². The number of fused-ring (bicyclic) bond motifs is 2. The number of rotatable bonds is 1. The van der Waals surface area contributed by atoms with Gasteiger partial charge in [0.1, 0.15) is 0 Å². The van der Waals surface area contributed by atoms with Gasteiger partial charge < -0.3 is 10.0 Å². The molecular weight excluding hydrogens is 150 g/mol. The highest BCUT2D eigenvalue weighted by Crippen LogP contribution is 2.37. The van der Waals surface area contributed by atoms with Crippen molar-refractivity contribution in [3.8, 4) is 0 Å². The molecule has 0 amide bonds. The summed E-state index contributed by atoms with van der Waals surface area (Å²) < 4.78 is 0. The van der Waals surface area contributed by atoms with Gasteiger partial charge in [-0.15, -0.1) is 0 Å². The van der Waals surface area contributed by atoms with Crippen molar-refractivity contribution in [2.75, 3.05) is 13.1 Å². The van der Waals surface area contributed by atoms with Gasteiger partial charge in [0.05, 0.1) is 6.10 Å². The SMILES string of the molecule is CC(C)N1C[C@H]2C[C@@H](C1)[C@@H](O)C2. The predicted molar refractivity (Wildman–Crippen MR) is 48.9 cm³/mol. The molecule has 0 aromatic heterocycles. The summed E-state index contributed by atoms with van der Waals surface area (Å²) in [6.45, 7) is 6.83. The third-order valence-corrected chi connectivity index (χ3v) is 3.45. The zero-order valence-corrected chi connectivity index (χ0v) is 8.03. The fraction of sp³-hybridized carbons (Fsp3) is 1.00. The first-order chi connectivity index (χ1) is 5.66. The van der Waals surface area contributed by atoms with Crippen molar-refractivity contribution >= 4 is 0 Å². The molecule has 70 valence electrons. The van der Waals surface area contributed by atoms with Gasteiger partial charge in [-0.1, -0.05) is 0 Å². The van der Waals surface area contributed by atoms with Gasteiger partial charge in [0.25, 0.3) is 0 Å². The van der Waals surface area contributed by atoms with Gasteiger partial charge in [-0.3, -0.25) is 0 Å². The summed E-state index contributed by atoms with van der Waals surface area (Å²) in [4.78, 5) is 2.51. The number of aliphatic hydroxyl groups excluding tert-OH is 1. The fourth-order valence-electron chi connectivity index (χ4n) is 2.69. The van der Waals surface area contributed by atoms with E-state index in [1.807, 2.05) is 0 Å². The van der Waals surface area contributed by atoms with Crippen molar-refractivity contribution in [2.24, 2.45) is 11.8 Å². The Morgan fingerprint density at radius 3 is 2.58 bits per heavy atom. The number of hydrogen-bond donors (Lipinski definition) is 1.